The molecule has 0 aromatic heterocycles. The van der Waals surface area contributed by atoms with Gasteiger partial charge in [-0.05, 0) is 18.2 Å². The lowest BCUT2D eigenvalue weighted by Gasteiger charge is -2.14. The molecule has 0 aliphatic carbocycles. The molecular weight excluding hydrogens is 268 g/mol. The minimum Gasteiger partial charge on any atom is -0.294 e. The summed E-state index contributed by atoms with van der Waals surface area (Å²) in [6.07, 6.45) is 0.0891. The summed E-state index contributed by atoms with van der Waals surface area (Å²) >= 11 is 3.21. The molecule has 1 aliphatic heterocycles. The highest BCUT2D eigenvalue weighted by molar-refractivity contribution is 9.10. The molecular formula is C9H7BrO3S. The number of sulfone groups is 1. The third kappa shape index (κ3) is 1.50. The van der Waals surface area contributed by atoms with Crippen molar-refractivity contribution in [3.8, 4) is 0 Å². The number of hydrogen-bond acceptors (Lipinski definition) is 3. The summed E-state index contributed by atoms with van der Waals surface area (Å²) in [5, 5.41) is 0. The van der Waals surface area contributed by atoms with E-state index in [0.29, 0.717) is 5.56 Å². The fraction of sp³-hybridized carbons (Fsp3) is 0.222. The maximum Gasteiger partial charge on any atom is 0.179 e. The Labute approximate surface area is 90.2 Å². The van der Waals surface area contributed by atoms with Gasteiger partial charge >= 0.3 is 0 Å². The number of carbonyl (C=O) groups excluding carboxylic acids is 1. The van der Waals surface area contributed by atoms with Crippen LogP contribution in [0.4, 0.5) is 0 Å². The monoisotopic (exact) mass is 274 g/mol. The van der Waals surface area contributed by atoms with Crippen molar-refractivity contribution in [3.63, 3.8) is 0 Å². The summed E-state index contributed by atoms with van der Waals surface area (Å²) in [4.78, 5) is 11.6. The van der Waals surface area contributed by atoms with E-state index in [1.165, 1.54) is 6.07 Å². The van der Waals surface area contributed by atoms with E-state index in [2.05, 4.69) is 15.9 Å². The Morgan fingerprint density at radius 3 is 2.71 bits per heavy atom. The molecule has 1 aromatic carbocycles. The van der Waals surface area contributed by atoms with Crippen LogP contribution < -0.4 is 0 Å². The molecule has 1 aliphatic rings. The topological polar surface area (TPSA) is 51.2 Å². The molecule has 74 valence electrons. The summed E-state index contributed by atoms with van der Waals surface area (Å²) < 4.78 is 23.8. The second-order valence-corrected chi connectivity index (χ2v) is 6.13. The van der Waals surface area contributed by atoms with Gasteiger partial charge in [0, 0.05) is 16.5 Å². The van der Waals surface area contributed by atoms with Gasteiger partial charge in [0.05, 0.1) is 10.6 Å². The third-order valence-electron chi connectivity index (χ3n) is 2.17. The van der Waals surface area contributed by atoms with E-state index < -0.39 is 9.84 Å². The number of benzene rings is 1. The molecule has 1 aromatic rings. The van der Waals surface area contributed by atoms with Gasteiger partial charge in [-0.15, -0.1) is 0 Å². The van der Waals surface area contributed by atoms with Crippen molar-refractivity contribution >= 4 is 31.6 Å². The Morgan fingerprint density at radius 2 is 2.00 bits per heavy atom. The SMILES string of the molecule is O=C1CCS(=O)(=O)c2ccc(Br)cc21. The summed E-state index contributed by atoms with van der Waals surface area (Å²) in [6, 6.07) is 4.68. The number of halogens is 1. The first kappa shape index (κ1) is 9.86. The molecule has 0 spiro atoms. The molecule has 2 rings (SSSR count). The fourth-order valence-electron chi connectivity index (χ4n) is 1.46. The molecule has 3 nitrogen and oxygen atoms in total. The highest BCUT2D eigenvalue weighted by atomic mass is 79.9. The third-order valence-corrected chi connectivity index (χ3v) is 4.44. The maximum atomic E-state index is 11.6. The average Bonchev–Trinajstić information content (AvgIpc) is 2.12. The van der Waals surface area contributed by atoms with E-state index in [-0.39, 0.29) is 22.9 Å². The molecule has 14 heavy (non-hydrogen) atoms. The van der Waals surface area contributed by atoms with Crippen molar-refractivity contribution in [1.82, 2.24) is 0 Å². The van der Waals surface area contributed by atoms with Crippen LogP contribution in [0.1, 0.15) is 16.8 Å². The molecule has 1 heterocycles. The highest BCUT2D eigenvalue weighted by Crippen LogP contribution is 2.27. The number of rotatable bonds is 0. The van der Waals surface area contributed by atoms with Crippen molar-refractivity contribution in [3.05, 3.63) is 28.2 Å². The molecule has 0 saturated heterocycles. The van der Waals surface area contributed by atoms with Gasteiger partial charge in [-0.1, -0.05) is 15.9 Å². The Hall–Kier alpha value is -0.680. The van der Waals surface area contributed by atoms with Gasteiger partial charge in [0.1, 0.15) is 0 Å². The van der Waals surface area contributed by atoms with Crippen LogP contribution in [0.25, 0.3) is 0 Å². The largest absolute Gasteiger partial charge is 0.294 e. The summed E-state index contributed by atoms with van der Waals surface area (Å²) in [6.45, 7) is 0. The molecule has 0 fully saturated rings. The van der Waals surface area contributed by atoms with Crippen LogP contribution in [0, 0.1) is 0 Å². The van der Waals surface area contributed by atoms with Crippen LogP contribution in [0.3, 0.4) is 0 Å². The normalized spacial score (nSPS) is 19.1. The smallest absolute Gasteiger partial charge is 0.179 e. The minimum absolute atomic E-state index is 0.0690. The van der Waals surface area contributed by atoms with Gasteiger partial charge < -0.3 is 0 Å². The molecule has 0 unspecified atom stereocenters. The van der Waals surface area contributed by atoms with E-state index >= 15 is 0 Å². The Balaban J connectivity index is 2.76. The fourth-order valence-corrected chi connectivity index (χ4v) is 3.28. The number of Topliss-reactive ketones (excluding diaryl/α,β-unsaturated/α-hetero) is 1. The molecule has 0 atom stereocenters. The lowest BCUT2D eigenvalue weighted by molar-refractivity contribution is 0.0983. The number of fused-ring (bicyclic) bond motifs is 1. The van der Waals surface area contributed by atoms with E-state index in [4.69, 9.17) is 0 Å². The molecule has 0 bridgehead atoms. The van der Waals surface area contributed by atoms with E-state index in [9.17, 15) is 13.2 Å². The lowest BCUT2D eigenvalue weighted by Crippen LogP contribution is -2.21. The zero-order chi connectivity index (χ0) is 10.3. The highest BCUT2D eigenvalue weighted by Gasteiger charge is 2.28. The van der Waals surface area contributed by atoms with Crippen LogP contribution in [-0.2, 0) is 9.84 Å². The van der Waals surface area contributed by atoms with Crippen LogP contribution in [0.15, 0.2) is 27.6 Å². The number of ketones is 1. The molecule has 0 saturated carbocycles. The van der Waals surface area contributed by atoms with Gasteiger partial charge in [-0.3, -0.25) is 4.79 Å². The van der Waals surface area contributed by atoms with Crippen molar-refractivity contribution < 1.29 is 13.2 Å². The molecule has 0 N–H and O–H groups in total. The maximum absolute atomic E-state index is 11.6. The first-order valence-electron chi connectivity index (χ1n) is 4.06. The van der Waals surface area contributed by atoms with E-state index in [1.54, 1.807) is 12.1 Å². The Bertz CT molecular complexity index is 505. The lowest BCUT2D eigenvalue weighted by atomic mass is 10.1. The Morgan fingerprint density at radius 1 is 1.29 bits per heavy atom. The van der Waals surface area contributed by atoms with Crippen LogP contribution in [-0.4, -0.2) is 20.0 Å². The standard InChI is InChI=1S/C9H7BrO3S/c10-6-1-2-9-7(5-6)8(11)3-4-14(9,12)13/h1-2,5H,3-4H2. The van der Waals surface area contributed by atoms with Crippen LogP contribution in [0.5, 0.6) is 0 Å². The van der Waals surface area contributed by atoms with Crippen LogP contribution in [0.2, 0.25) is 0 Å². The summed E-state index contributed by atoms with van der Waals surface area (Å²) in [5.74, 6) is -0.170. The van der Waals surface area contributed by atoms with Gasteiger partial charge in [0.15, 0.2) is 15.6 Å². The van der Waals surface area contributed by atoms with Crippen molar-refractivity contribution in [2.24, 2.45) is 0 Å². The minimum atomic E-state index is -3.23. The zero-order valence-corrected chi connectivity index (χ0v) is 9.56. The van der Waals surface area contributed by atoms with Crippen molar-refractivity contribution in [2.75, 3.05) is 5.75 Å². The second kappa shape index (κ2) is 3.17. The van der Waals surface area contributed by atoms with Gasteiger partial charge in [-0.25, -0.2) is 8.42 Å². The summed E-state index contributed by atoms with van der Waals surface area (Å²) in [7, 11) is -3.23. The van der Waals surface area contributed by atoms with Crippen molar-refractivity contribution in [2.45, 2.75) is 11.3 Å². The van der Waals surface area contributed by atoms with Gasteiger partial charge in [0.25, 0.3) is 0 Å². The average molecular weight is 275 g/mol. The van der Waals surface area contributed by atoms with Gasteiger partial charge in [-0.2, -0.15) is 0 Å². The first-order valence-corrected chi connectivity index (χ1v) is 6.51. The van der Waals surface area contributed by atoms with E-state index in [1.807, 2.05) is 0 Å². The molecule has 0 radical (unpaired) electrons. The first-order chi connectivity index (χ1) is 6.50. The quantitative estimate of drug-likeness (QED) is 0.725. The molecule has 0 amide bonds. The van der Waals surface area contributed by atoms with E-state index in [0.717, 1.165) is 4.47 Å². The summed E-state index contributed by atoms with van der Waals surface area (Å²) in [5.41, 5.74) is 0.311. The predicted octanol–water partition coefficient (Wildman–Crippen LogP) is 1.81. The second-order valence-electron chi connectivity index (χ2n) is 3.13. The van der Waals surface area contributed by atoms with Crippen molar-refractivity contribution in [1.29, 1.82) is 0 Å². The van der Waals surface area contributed by atoms with Gasteiger partial charge in [0.2, 0.25) is 0 Å². The predicted molar refractivity (Wildman–Crippen MR) is 55.1 cm³/mol. The Kier molecular flexibility index (Phi) is 2.23. The number of hydrogen-bond donors (Lipinski definition) is 0. The van der Waals surface area contributed by atoms with Crippen LogP contribution >= 0.6 is 15.9 Å². The number of carbonyl (C=O) groups is 1. The zero-order valence-electron chi connectivity index (χ0n) is 7.16. The molecule has 5 heteroatoms.